The summed E-state index contributed by atoms with van der Waals surface area (Å²) >= 11 is 0. The molecule has 0 unspecified atom stereocenters. The van der Waals surface area contributed by atoms with Crippen LogP contribution in [-0.4, -0.2) is 35.8 Å². The number of benzene rings is 1. The lowest BCUT2D eigenvalue weighted by Crippen LogP contribution is -2.30. The Morgan fingerprint density at radius 1 is 1.11 bits per heavy atom. The van der Waals surface area contributed by atoms with Gasteiger partial charge in [0.25, 0.3) is 5.56 Å². The first-order chi connectivity index (χ1) is 13.5. The number of hydrogen-bond donors (Lipinski definition) is 1. The molecule has 0 radical (unpaired) electrons. The number of nitrogens with one attached hydrogen (secondary N) is 1. The average Bonchev–Trinajstić information content (AvgIpc) is 3.09. The molecule has 1 amide bonds. The molecule has 3 rings (SSSR count). The number of hydrogen-bond acceptors (Lipinski definition) is 4. The van der Waals surface area contributed by atoms with Gasteiger partial charge in [-0.05, 0) is 35.9 Å². The smallest absolute Gasteiger partial charge is 0.275 e. The molecule has 2 heterocycles. The van der Waals surface area contributed by atoms with E-state index in [0.717, 1.165) is 10.9 Å². The monoisotopic (exact) mass is 381 g/mol. The number of aryl methyl sites for hydroxylation is 1. The summed E-state index contributed by atoms with van der Waals surface area (Å²) in [6.07, 6.45) is 6.75. The molecule has 0 spiro atoms. The molecule has 1 aromatic carbocycles. The fraction of sp³-hybridized carbons (Fsp3) is 0.238. The van der Waals surface area contributed by atoms with Gasteiger partial charge in [-0.1, -0.05) is 6.07 Å². The van der Waals surface area contributed by atoms with Crippen LogP contribution in [0.5, 0.6) is 11.5 Å². The van der Waals surface area contributed by atoms with Crippen molar-refractivity contribution >= 4 is 22.9 Å². The van der Waals surface area contributed by atoms with Crippen LogP contribution in [0.4, 0.5) is 0 Å². The van der Waals surface area contributed by atoms with E-state index in [4.69, 9.17) is 9.47 Å². The van der Waals surface area contributed by atoms with E-state index < -0.39 is 0 Å². The predicted molar refractivity (Wildman–Crippen MR) is 109 cm³/mol. The molecular weight excluding hydrogens is 358 g/mol. The maximum Gasteiger partial charge on any atom is 0.275 e. The van der Waals surface area contributed by atoms with Crippen LogP contribution in [0.15, 0.2) is 53.6 Å². The van der Waals surface area contributed by atoms with Crippen LogP contribution in [0.25, 0.3) is 17.0 Å². The summed E-state index contributed by atoms with van der Waals surface area (Å²) in [6.45, 7) is 0.751. The van der Waals surface area contributed by atoms with Gasteiger partial charge in [-0.2, -0.15) is 0 Å². The minimum absolute atomic E-state index is 0.0693. The third-order valence-electron chi connectivity index (χ3n) is 4.49. The van der Waals surface area contributed by atoms with Crippen molar-refractivity contribution in [3.8, 4) is 11.5 Å². The zero-order valence-electron chi connectivity index (χ0n) is 16.1. The number of fused-ring (bicyclic) bond motifs is 1. The molecule has 28 heavy (non-hydrogen) atoms. The molecular formula is C21H23N3O4. The van der Waals surface area contributed by atoms with Crippen LogP contribution in [-0.2, 0) is 18.4 Å². The van der Waals surface area contributed by atoms with Gasteiger partial charge in [-0.15, -0.1) is 0 Å². The van der Waals surface area contributed by atoms with Gasteiger partial charge in [-0.25, -0.2) is 0 Å². The predicted octanol–water partition coefficient (Wildman–Crippen LogP) is 2.19. The first-order valence-electron chi connectivity index (χ1n) is 8.86. The Morgan fingerprint density at radius 2 is 1.86 bits per heavy atom. The lowest BCUT2D eigenvalue weighted by Gasteiger charge is -2.08. The molecule has 0 saturated carbocycles. The third kappa shape index (κ3) is 4.09. The van der Waals surface area contributed by atoms with Gasteiger partial charge in [0, 0.05) is 44.0 Å². The van der Waals surface area contributed by atoms with Crippen LogP contribution < -0.4 is 20.3 Å². The van der Waals surface area contributed by atoms with Crippen LogP contribution in [0.1, 0.15) is 5.56 Å². The van der Waals surface area contributed by atoms with E-state index in [-0.39, 0.29) is 11.5 Å². The number of aromatic nitrogens is 2. The molecule has 7 heteroatoms. The second-order valence-corrected chi connectivity index (χ2v) is 6.28. The summed E-state index contributed by atoms with van der Waals surface area (Å²) in [5.41, 5.74) is 1.40. The van der Waals surface area contributed by atoms with Gasteiger partial charge in [0.15, 0.2) is 11.5 Å². The van der Waals surface area contributed by atoms with Crippen molar-refractivity contribution in [2.45, 2.75) is 6.54 Å². The molecule has 0 fully saturated rings. The fourth-order valence-corrected chi connectivity index (χ4v) is 2.99. The molecule has 2 aromatic heterocycles. The minimum atomic E-state index is -0.234. The van der Waals surface area contributed by atoms with Crippen molar-refractivity contribution in [1.29, 1.82) is 0 Å². The number of pyridine rings is 1. The molecule has 0 aliphatic carbocycles. The van der Waals surface area contributed by atoms with E-state index in [1.54, 1.807) is 47.8 Å². The van der Waals surface area contributed by atoms with E-state index in [1.165, 1.54) is 6.08 Å². The highest BCUT2D eigenvalue weighted by atomic mass is 16.5. The molecule has 0 aliphatic heterocycles. The van der Waals surface area contributed by atoms with Crippen molar-refractivity contribution in [2.24, 2.45) is 7.05 Å². The number of carbonyl (C=O) groups is 1. The maximum atomic E-state index is 12.5. The highest BCUT2D eigenvalue weighted by Crippen LogP contribution is 2.27. The Hall–Kier alpha value is -3.48. The SMILES string of the molecule is COc1ccc(/C=C/C(=O)NCCn2ccc3ccn(C)c3c2=O)cc1OC. The number of nitrogens with zero attached hydrogens (tertiary/aromatic N) is 2. The highest BCUT2D eigenvalue weighted by molar-refractivity contribution is 5.91. The summed E-state index contributed by atoms with van der Waals surface area (Å²) in [6, 6.07) is 9.21. The molecule has 0 bridgehead atoms. The largest absolute Gasteiger partial charge is 0.493 e. The van der Waals surface area contributed by atoms with Crippen LogP contribution in [0.3, 0.4) is 0 Å². The minimum Gasteiger partial charge on any atom is -0.493 e. The van der Waals surface area contributed by atoms with E-state index in [9.17, 15) is 9.59 Å². The van der Waals surface area contributed by atoms with Gasteiger partial charge in [-0.3, -0.25) is 9.59 Å². The van der Waals surface area contributed by atoms with Gasteiger partial charge >= 0.3 is 0 Å². The zero-order chi connectivity index (χ0) is 20.1. The quantitative estimate of drug-likeness (QED) is 0.637. The van der Waals surface area contributed by atoms with Crippen molar-refractivity contribution < 1.29 is 14.3 Å². The van der Waals surface area contributed by atoms with E-state index in [2.05, 4.69) is 5.32 Å². The number of ether oxygens (including phenoxy) is 2. The molecule has 0 atom stereocenters. The van der Waals surface area contributed by atoms with Crippen molar-refractivity contribution in [3.63, 3.8) is 0 Å². The normalized spacial score (nSPS) is 11.1. The Morgan fingerprint density at radius 3 is 2.61 bits per heavy atom. The number of carbonyl (C=O) groups excluding carboxylic acids is 1. The van der Waals surface area contributed by atoms with Crippen molar-refractivity contribution in [1.82, 2.24) is 14.5 Å². The molecule has 3 aromatic rings. The Kier molecular flexibility index (Phi) is 5.84. The molecule has 0 saturated heterocycles. The lowest BCUT2D eigenvalue weighted by atomic mass is 10.2. The lowest BCUT2D eigenvalue weighted by molar-refractivity contribution is -0.116. The summed E-state index contributed by atoms with van der Waals surface area (Å²) in [5.74, 6) is 0.994. The summed E-state index contributed by atoms with van der Waals surface area (Å²) in [5, 5.41) is 3.70. The maximum absolute atomic E-state index is 12.5. The molecule has 1 N–H and O–H groups in total. The summed E-state index contributed by atoms with van der Waals surface area (Å²) in [7, 11) is 4.98. The van der Waals surface area contributed by atoms with Crippen LogP contribution >= 0.6 is 0 Å². The van der Waals surface area contributed by atoms with E-state index >= 15 is 0 Å². The standard InChI is InChI=1S/C21H23N3O4/c1-23-11-8-16-9-12-24(21(26)20(16)23)13-10-22-19(25)7-5-15-4-6-17(27-2)18(14-15)28-3/h4-9,11-12,14H,10,13H2,1-3H3,(H,22,25)/b7-5+. The fourth-order valence-electron chi connectivity index (χ4n) is 2.99. The first kappa shape index (κ1) is 19.3. The Bertz CT molecular complexity index is 1080. The number of amides is 1. The van der Waals surface area contributed by atoms with E-state index in [1.807, 2.05) is 31.4 Å². The van der Waals surface area contributed by atoms with Gasteiger partial charge < -0.3 is 23.9 Å². The van der Waals surface area contributed by atoms with Gasteiger partial charge in [0.2, 0.25) is 5.91 Å². The Labute approximate surface area is 162 Å². The Balaban J connectivity index is 1.59. The van der Waals surface area contributed by atoms with E-state index in [0.29, 0.717) is 30.1 Å². The molecule has 0 aliphatic rings. The highest BCUT2D eigenvalue weighted by Gasteiger charge is 2.06. The van der Waals surface area contributed by atoms with Crippen LogP contribution in [0, 0.1) is 0 Å². The van der Waals surface area contributed by atoms with Crippen molar-refractivity contribution in [3.05, 3.63) is 64.7 Å². The van der Waals surface area contributed by atoms with Crippen molar-refractivity contribution in [2.75, 3.05) is 20.8 Å². The number of methoxy groups -OCH3 is 2. The average molecular weight is 381 g/mol. The third-order valence-corrected chi connectivity index (χ3v) is 4.49. The molecule has 146 valence electrons. The number of rotatable bonds is 7. The van der Waals surface area contributed by atoms with Gasteiger partial charge in [0.05, 0.1) is 14.2 Å². The molecule has 7 nitrogen and oxygen atoms in total. The second-order valence-electron chi connectivity index (χ2n) is 6.28. The zero-order valence-corrected chi connectivity index (χ0v) is 16.1. The van der Waals surface area contributed by atoms with Gasteiger partial charge in [0.1, 0.15) is 5.52 Å². The first-order valence-corrected chi connectivity index (χ1v) is 8.86. The summed E-state index contributed by atoms with van der Waals surface area (Å²) < 4.78 is 13.8. The topological polar surface area (TPSA) is 74.5 Å². The second kappa shape index (κ2) is 8.47. The summed E-state index contributed by atoms with van der Waals surface area (Å²) in [4.78, 5) is 24.6. The van der Waals surface area contributed by atoms with Crippen LogP contribution in [0.2, 0.25) is 0 Å².